The Kier molecular flexibility index (Phi) is 1.49. The summed E-state index contributed by atoms with van der Waals surface area (Å²) in [7, 11) is 0. The zero-order valence-corrected chi connectivity index (χ0v) is 6.42. The molecule has 4 nitrogen and oxygen atoms in total. The number of likely N-dealkylation sites (tertiary alicyclic amines) is 1. The number of hydrogen-bond donors (Lipinski definition) is 2. The molecule has 0 amide bonds. The van der Waals surface area contributed by atoms with Crippen LogP contribution in [0.2, 0.25) is 0 Å². The van der Waals surface area contributed by atoms with E-state index in [1.807, 2.05) is 4.90 Å². The van der Waals surface area contributed by atoms with E-state index in [4.69, 9.17) is 15.9 Å². The summed E-state index contributed by atoms with van der Waals surface area (Å²) in [6.07, 6.45) is 0. The molecule has 0 aliphatic carbocycles. The third-order valence-electron chi connectivity index (χ3n) is 2.58. The van der Waals surface area contributed by atoms with E-state index in [1.165, 1.54) is 0 Å². The third kappa shape index (κ3) is 1.07. The van der Waals surface area contributed by atoms with Crippen molar-refractivity contribution in [3.05, 3.63) is 0 Å². The Balaban J connectivity index is 1.99. The second-order valence-corrected chi connectivity index (χ2v) is 3.35. The van der Waals surface area contributed by atoms with Crippen LogP contribution in [-0.2, 0) is 4.74 Å². The van der Waals surface area contributed by atoms with E-state index in [-0.39, 0.29) is 5.96 Å². The van der Waals surface area contributed by atoms with Gasteiger partial charge < -0.3 is 15.4 Å². The van der Waals surface area contributed by atoms with Gasteiger partial charge in [-0.15, -0.1) is 0 Å². The maximum atomic E-state index is 7.23. The highest BCUT2D eigenvalue weighted by Gasteiger charge is 2.37. The Morgan fingerprint density at radius 3 is 2.36 bits per heavy atom. The highest BCUT2D eigenvalue weighted by molar-refractivity contribution is 5.74. The average Bonchev–Trinajstić information content (AvgIpc) is 2.40. The number of fused-ring (bicyclic) bond motifs is 1. The molecule has 2 fully saturated rings. The molecule has 2 rings (SSSR count). The largest absolute Gasteiger partial charge is 0.381 e. The minimum Gasteiger partial charge on any atom is -0.381 e. The van der Waals surface area contributed by atoms with Gasteiger partial charge in [0.05, 0.1) is 13.2 Å². The minimum atomic E-state index is 0.208. The zero-order valence-electron chi connectivity index (χ0n) is 6.42. The van der Waals surface area contributed by atoms with Gasteiger partial charge in [-0.2, -0.15) is 0 Å². The predicted molar refractivity (Wildman–Crippen MR) is 41.3 cm³/mol. The Hall–Kier alpha value is -0.770. The van der Waals surface area contributed by atoms with Crippen LogP contribution in [0, 0.1) is 17.2 Å². The third-order valence-corrected chi connectivity index (χ3v) is 2.58. The predicted octanol–water partition coefficient (Wildman–Crippen LogP) is -0.542. The summed E-state index contributed by atoms with van der Waals surface area (Å²) in [6.45, 7) is 3.54. The molecular formula is C7H13N3O. The maximum absolute atomic E-state index is 7.23. The minimum absolute atomic E-state index is 0.208. The first-order chi connectivity index (χ1) is 5.27. The second-order valence-electron chi connectivity index (χ2n) is 3.35. The molecule has 2 aliphatic heterocycles. The summed E-state index contributed by atoms with van der Waals surface area (Å²) in [5.41, 5.74) is 5.37. The standard InChI is InChI=1S/C7H13N3O/c8-7(9)10-1-5-3-11-4-6(5)2-10/h5-6H,1-4H2,(H3,8,9)/t5-,6-/m1/s1. The van der Waals surface area contributed by atoms with E-state index in [1.54, 1.807) is 0 Å². The van der Waals surface area contributed by atoms with Gasteiger partial charge in [0.25, 0.3) is 0 Å². The molecule has 2 heterocycles. The van der Waals surface area contributed by atoms with Gasteiger partial charge in [-0.25, -0.2) is 0 Å². The van der Waals surface area contributed by atoms with Crippen molar-refractivity contribution in [3.8, 4) is 0 Å². The molecule has 11 heavy (non-hydrogen) atoms. The van der Waals surface area contributed by atoms with Gasteiger partial charge in [0, 0.05) is 24.9 Å². The first-order valence-electron chi connectivity index (χ1n) is 3.94. The SMILES string of the molecule is N=C(N)N1C[C@@H]2COC[C@H]2C1. The molecule has 0 aromatic carbocycles. The molecule has 0 bridgehead atoms. The quantitative estimate of drug-likeness (QED) is 0.365. The van der Waals surface area contributed by atoms with Crippen LogP contribution in [0.1, 0.15) is 0 Å². The Bertz CT molecular complexity index is 171. The molecule has 0 unspecified atom stereocenters. The molecule has 62 valence electrons. The maximum Gasteiger partial charge on any atom is 0.188 e. The summed E-state index contributed by atoms with van der Waals surface area (Å²) in [5.74, 6) is 1.46. The number of hydrogen-bond acceptors (Lipinski definition) is 2. The van der Waals surface area contributed by atoms with Crippen molar-refractivity contribution in [1.82, 2.24) is 4.90 Å². The highest BCUT2D eigenvalue weighted by Crippen LogP contribution is 2.28. The van der Waals surface area contributed by atoms with Crippen LogP contribution in [0.4, 0.5) is 0 Å². The van der Waals surface area contributed by atoms with Crippen molar-refractivity contribution in [2.24, 2.45) is 17.6 Å². The van der Waals surface area contributed by atoms with Crippen LogP contribution < -0.4 is 5.73 Å². The zero-order chi connectivity index (χ0) is 7.84. The molecule has 0 radical (unpaired) electrons. The lowest BCUT2D eigenvalue weighted by atomic mass is 10.0. The van der Waals surface area contributed by atoms with Crippen LogP contribution in [0.25, 0.3) is 0 Å². The van der Waals surface area contributed by atoms with E-state index < -0.39 is 0 Å². The van der Waals surface area contributed by atoms with Gasteiger partial charge in [0.1, 0.15) is 0 Å². The molecule has 0 aromatic heterocycles. The van der Waals surface area contributed by atoms with Crippen molar-refractivity contribution < 1.29 is 4.74 Å². The molecule has 4 heteroatoms. The van der Waals surface area contributed by atoms with Crippen LogP contribution in [0.3, 0.4) is 0 Å². The lowest BCUT2D eigenvalue weighted by molar-refractivity contribution is 0.166. The topological polar surface area (TPSA) is 62.3 Å². The normalized spacial score (nSPS) is 35.8. The van der Waals surface area contributed by atoms with Gasteiger partial charge in [0.15, 0.2) is 5.96 Å². The van der Waals surface area contributed by atoms with Gasteiger partial charge in [-0.05, 0) is 0 Å². The molecular weight excluding hydrogens is 142 g/mol. The number of nitrogens with zero attached hydrogens (tertiary/aromatic N) is 1. The molecule has 0 aromatic rings. The Morgan fingerprint density at radius 2 is 1.91 bits per heavy atom. The summed E-state index contributed by atoms with van der Waals surface area (Å²) < 4.78 is 5.30. The Morgan fingerprint density at radius 1 is 1.36 bits per heavy atom. The van der Waals surface area contributed by atoms with E-state index in [0.29, 0.717) is 11.8 Å². The fourth-order valence-electron chi connectivity index (χ4n) is 1.88. The van der Waals surface area contributed by atoms with Crippen molar-refractivity contribution in [2.45, 2.75) is 0 Å². The smallest absolute Gasteiger partial charge is 0.188 e. The number of rotatable bonds is 0. The van der Waals surface area contributed by atoms with Gasteiger partial charge >= 0.3 is 0 Å². The number of nitrogens with one attached hydrogen (secondary N) is 1. The van der Waals surface area contributed by atoms with E-state index in [0.717, 1.165) is 26.3 Å². The number of ether oxygens (including phenoxy) is 1. The van der Waals surface area contributed by atoms with E-state index in [9.17, 15) is 0 Å². The lowest BCUT2D eigenvalue weighted by Crippen LogP contribution is -2.35. The summed E-state index contributed by atoms with van der Waals surface area (Å²) >= 11 is 0. The summed E-state index contributed by atoms with van der Waals surface area (Å²) in [4.78, 5) is 1.93. The van der Waals surface area contributed by atoms with E-state index >= 15 is 0 Å². The molecule has 3 N–H and O–H groups in total. The molecule has 2 aliphatic rings. The van der Waals surface area contributed by atoms with Crippen LogP contribution in [-0.4, -0.2) is 37.2 Å². The highest BCUT2D eigenvalue weighted by atomic mass is 16.5. The fraction of sp³-hybridized carbons (Fsp3) is 0.857. The van der Waals surface area contributed by atoms with Gasteiger partial charge in [-0.3, -0.25) is 5.41 Å². The van der Waals surface area contributed by atoms with E-state index in [2.05, 4.69) is 0 Å². The second kappa shape index (κ2) is 2.37. The van der Waals surface area contributed by atoms with Crippen LogP contribution in [0.15, 0.2) is 0 Å². The Labute approximate surface area is 65.8 Å². The van der Waals surface area contributed by atoms with Crippen molar-refractivity contribution in [2.75, 3.05) is 26.3 Å². The molecule has 0 saturated carbocycles. The first-order valence-corrected chi connectivity index (χ1v) is 3.94. The fourth-order valence-corrected chi connectivity index (χ4v) is 1.88. The summed E-state index contributed by atoms with van der Waals surface area (Å²) in [5, 5.41) is 7.23. The van der Waals surface area contributed by atoms with Crippen molar-refractivity contribution in [3.63, 3.8) is 0 Å². The van der Waals surface area contributed by atoms with Crippen LogP contribution in [0.5, 0.6) is 0 Å². The molecule has 2 saturated heterocycles. The van der Waals surface area contributed by atoms with Crippen molar-refractivity contribution >= 4 is 5.96 Å². The summed E-state index contributed by atoms with van der Waals surface area (Å²) in [6, 6.07) is 0. The lowest BCUT2D eigenvalue weighted by Gasteiger charge is -2.15. The van der Waals surface area contributed by atoms with Crippen molar-refractivity contribution in [1.29, 1.82) is 5.41 Å². The van der Waals surface area contributed by atoms with Gasteiger partial charge in [-0.1, -0.05) is 0 Å². The number of guanidine groups is 1. The monoisotopic (exact) mass is 155 g/mol. The molecule has 0 spiro atoms. The first kappa shape index (κ1) is 6.91. The van der Waals surface area contributed by atoms with Crippen LogP contribution >= 0.6 is 0 Å². The average molecular weight is 155 g/mol. The van der Waals surface area contributed by atoms with Gasteiger partial charge in [0.2, 0.25) is 0 Å². The molecule has 2 atom stereocenters. The number of nitrogens with two attached hydrogens (primary N) is 1.